The van der Waals surface area contributed by atoms with E-state index in [2.05, 4.69) is 5.10 Å². The fraction of sp³-hybridized carbons (Fsp3) is 0.846. The van der Waals surface area contributed by atoms with Gasteiger partial charge in [0.25, 0.3) is 5.91 Å². The van der Waals surface area contributed by atoms with Crippen molar-refractivity contribution in [1.82, 2.24) is 5.01 Å². The molecule has 17 heavy (non-hydrogen) atoms. The zero-order valence-corrected chi connectivity index (χ0v) is 10.9. The molecule has 4 nitrogen and oxygen atoms in total. The van der Waals surface area contributed by atoms with E-state index >= 15 is 0 Å². The van der Waals surface area contributed by atoms with Crippen LogP contribution in [-0.2, 0) is 4.79 Å². The molecule has 1 N–H and O–H groups in total. The third-order valence-corrected chi connectivity index (χ3v) is 3.88. The number of hydrogen-bond acceptors (Lipinski definition) is 3. The molecule has 2 aliphatic rings. The lowest BCUT2D eigenvalue weighted by atomic mass is 9.89. The summed E-state index contributed by atoms with van der Waals surface area (Å²) in [4.78, 5) is 12.3. The van der Waals surface area contributed by atoms with Crippen LogP contribution in [0, 0.1) is 11.8 Å². The van der Waals surface area contributed by atoms with Crippen LogP contribution in [0.3, 0.4) is 0 Å². The van der Waals surface area contributed by atoms with Crippen LogP contribution in [0.1, 0.15) is 46.5 Å². The van der Waals surface area contributed by atoms with Crippen LogP contribution in [0.4, 0.5) is 0 Å². The summed E-state index contributed by atoms with van der Waals surface area (Å²) in [6.07, 6.45) is 3.38. The number of carbonyl (C=O) groups is 1. The summed E-state index contributed by atoms with van der Waals surface area (Å²) in [6.45, 7) is 6.00. The van der Waals surface area contributed by atoms with Crippen molar-refractivity contribution in [2.75, 3.05) is 0 Å². The van der Waals surface area contributed by atoms with Gasteiger partial charge >= 0.3 is 0 Å². The first kappa shape index (κ1) is 12.6. The van der Waals surface area contributed by atoms with E-state index < -0.39 is 6.10 Å². The van der Waals surface area contributed by atoms with Crippen molar-refractivity contribution in [1.29, 1.82) is 0 Å². The van der Waals surface area contributed by atoms with E-state index in [0.717, 1.165) is 31.4 Å². The van der Waals surface area contributed by atoms with E-state index in [0.29, 0.717) is 0 Å². The Balaban J connectivity index is 2.15. The van der Waals surface area contributed by atoms with Crippen molar-refractivity contribution in [2.24, 2.45) is 16.9 Å². The molecule has 0 aromatic heterocycles. The molecule has 0 aromatic carbocycles. The minimum atomic E-state index is -0.407. The highest BCUT2D eigenvalue weighted by Crippen LogP contribution is 2.30. The van der Waals surface area contributed by atoms with Gasteiger partial charge in [-0.3, -0.25) is 4.79 Å². The Morgan fingerprint density at radius 2 is 2.00 bits per heavy atom. The van der Waals surface area contributed by atoms with Gasteiger partial charge in [-0.25, -0.2) is 5.01 Å². The molecule has 0 radical (unpaired) electrons. The van der Waals surface area contributed by atoms with Gasteiger partial charge < -0.3 is 5.11 Å². The third kappa shape index (κ3) is 2.23. The molecular weight excluding hydrogens is 216 g/mol. The number of aliphatic hydroxyl groups is 1. The maximum atomic E-state index is 12.3. The Morgan fingerprint density at radius 1 is 1.35 bits per heavy atom. The van der Waals surface area contributed by atoms with Gasteiger partial charge in [0.2, 0.25) is 0 Å². The fourth-order valence-corrected chi connectivity index (χ4v) is 2.98. The summed E-state index contributed by atoms with van der Waals surface area (Å²) < 4.78 is 0. The molecule has 0 spiro atoms. The predicted molar refractivity (Wildman–Crippen MR) is 66.5 cm³/mol. The second-order valence-corrected chi connectivity index (χ2v) is 5.57. The predicted octanol–water partition coefficient (Wildman–Crippen LogP) is 1.78. The first-order chi connectivity index (χ1) is 8.02. The summed E-state index contributed by atoms with van der Waals surface area (Å²) in [6, 6.07) is -0.102. The van der Waals surface area contributed by atoms with E-state index in [4.69, 9.17) is 0 Å². The quantitative estimate of drug-likeness (QED) is 0.797. The molecule has 0 aromatic rings. The Morgan fingerprint density at radius 3 is 2.53 bits per heavy atom. The summed E-state index contributed by atoms with van der Waals surface area (Å²) in [5.41, 5.74) is 0.891. The van der Waals surface area contributed by atoms with Crippen molar-refractivity contribution in [3.63, 3.8) is 0 Å². The van der Waals surface area contributed by atoms with Crippen LogP contribution in [0.2, 0.25) is 0 Å². The monoisotopic (exact) mass is 238 g/mol. The molecule has 3 unspecified atom stereocenters. The van der Waals surface area contributed by atoms with Crippen molar-refractivity contribution in [3.8, 4) is 0 Å². The first-order valence-electron chi connectivity index (χ1n) is 6.58. The van der Waals surface area contributed by atoms with Crippen LogP contribution in [0.15, 0.2) is 5.10 Å². The van der Waals surface area contributed by atoms with E-state index in [1.54, 1.807) is 5.01 Å². The summed E-state index contributed by atoms with van der Waals surface area (Å²) in [5.74, 6) is 0.254. The van der Waals surface area contributed by atoms with Gasteiger partial charge in [0.05, 0.1) is 18.1 Å². The van der Waals surface area contributed by atoms with Crippen LogP contribution in [0.25, 0.3) is 0 Å². The Labute approximate surface area is 103 Å². The van der Waals surface area contributed by atoms with Crippen molar-refractivity contribution < 1.29 is 9.90 Å². The summed E-state index contributed by atoms with van der Waals surface area (Å²) in [5, 5.41) is 15.9. The maximum absolute atomic E-state index is 12.3. The molecule has 1 aliphatic carbocycles. The van der Waals surface area contributed by atoms with Crippen LogP contribution in [0.5, 0.6) is 0 Å². The first-order valence-corrected chi connectivity index (χ1v) is 6.58. The molecule has 3 atom stereocenters. The standard InChI is InChI=1S/C13H22N2O2/c1-8(2)12-9(3)14-15(13(12)17)10-6-4-5-7-11(10)16/h8,10-12,16H,4-7H2,1-3H3. The molecule has 0 bridgehead atoms. The molecule has 0 saturated heterocycles. The molecule has 4 heteroatoms. The molecule has 1 aliphatic heterocycles. The average Bonchev–Trinajstić information content (AvgIpc) is 2.55. The Bertz CT molecular complexity index is 338. The highest BCUT2D eigenvalue weighted by atomic mass is 16.3. The third-order valence-electron chi connectivity index (χ3n) is 3.88. The number of hydrogen-bond donors (Lipinski definition) is 1. The van der Waals surface area contributed by atoms with Crippen LogP contribution < -0.4 is 0 Å². The number of rotatable bonds is 2. The van der Waals surface area contributed by atoms with Gasteiger partial charge in [-0.15, -0.1) is 0 Å². The van der Waals surface area contributed by atoms with Gasteiger partial charge in [0, 0.05) is 5.71 Å². The summed E-state index contributed by atoms with van der Waals surface area (Å²) in [7, 11) is 0. The highest BCUT2D eigenvalue weighted by Gasteiger charge is 2.41. The molecule has 1 saturated carbocycles. The van der Waals surface area contributed by atoms with E-state index in [-0.39, 0.29) is 23.8 Å². The largest absolute Gasteiger partial charge is 0.391 e. The van der Waals surface area contributed by atoms with Crippen molar-refractivity contribution in [2.45, 2.75) is 58.6 Å². The lowest BCUT2D eigenvalue weighted by molar-refractivity contribution is -0.138. The number of aliphatic hydroxyl groups excluding tert-OH is 1. The van der Waals surface area contributed by atoms with Gasteiger partial charge in [0.15, 0.2) is 0 Å². The normalized spacial score (nSPS) is 34.4. The average molecular weight is 238 g/mol. The van der Waals surface area contributed by atoms with Gasteiger partial charge in [0.1, 0.15) is 0 Å². The van der Waals surface area contributed by atoms with Crippen LogP contribution in [-0.4, -0.2) is 33.9 Å². The second-order valence-electron chi connectivity index (χ2n) is 5.57. The minimum absolute atomic E-state index is 0.0726. The smallest absolute Gasteiger partial charge is 0.252 e. The Kier molecular flexibility index (Phi) is 3.52. The van der Waals surface area contributed by atoms with Gasteiger partial charge in [-0.05, 0) is 25.7 Å². The highest BCUT2D eigenvalue weighted by molar-refractivity contribution is 6.07. The van der Waals surface area contributed by atoms with E-state index in [1.165, 1.54) is 0 Å². The molecule has 1 amide bonds. The second kappa shape index (κ2) is 4.77. The number of hydrazone groups is 1. The van der Waals surface area contributed by atoms with E-state index in [1.807, 2.05) is 20.8 Å². The Hall–Kier alpha value is -0.900. The number of amides is 1. The summed E-state index contributed by atoms with van der Waals surface area (Å²) >= 11 is 0. The van der Waals surface area contributed by atoms with Crippen LogP contribution >= 0.6 is 0 Å². The molecule has 96 valence electrons. The van der Waals surface area contributed by atoms with E-state index in [9.17, 15) is 9.90 Å². The molecule has 1 fully saturated rings. The van der Waals surface area contributed by atoms with Gasteiger partial charge in [-0.2, -0.15) is 5.10 Å². The van der Waals surface area contributed by atoms with Crippen molar-refractivity contribution >= 4 is 11.6 Å². The molecular formula is C13H22N2O2. The zero-order chi connectivity index (χ0) is 12.6. The van der Waals surface area contributed by atoms with Crippen molar-refractivity contribution in [3.05, 3.63) is 0 Å². The number of carbonyl (C=O) groups excluding carboxylic acids is 1. The molecule has 1 heterocycles. The zero-order valence-electron chi connectivity index (χ0n) is 10.9. The topological polar surface area (TPSA) is 52.9 Å². The minimum Gasteiger partial charge on any atom is -0.391 e. The lowest BCUT2D eigenvalue weighted by Gasteiger charge is -2.33. The fourth-order valence-electron chi connectivity index (χ4n) is 2.98. The lowest BCUT2D eigenvalue weighted by Crippen LogP contribution is -2.45. The SMILES string of the molecule is CC1=NN(C2CCCCC2O)C(=O)C1C(C)C. The van der Waals surface area contributed by atoms with Gasteiger partial charge in [-0.1, -0.05) is 26.7 Å². The molecule has 2 rings (SSSR count). The maximum Gasteiger partial charge on any atom is 0.252 e. The number of nitrogens with zero attached hydrogens (tertiary/aromatic N) is 2.